The summed E-state index contributed by atoms with van der Waals surface area (Å²) in [4.78, 5) is 22.9. The lowest BCUT2D eigenvalue weighted by Crippen LogP contribution is -2.40. The Morgan fingerprint density at radius 1 is 1.25 bits per heavy atom. The number of carboxylic acid groups (broad SMARTS) is 1. The minimum absolute atomic E-state index is 0.652. The Labute approximate surface area is 123 Å². The van der Waals surface area contributed by atoms with E-state index in [1.165, 1.54) is 0 Å². The largest absolute Gasteiger partial charge is 0.480 e. The molecule has 0 saturated carbocycles. The standard InChI is InChI=1S/C14H19NO4S/c1-14(2,3)19-13(18)15-10(11(20)12(16)17)9-7-5-4-6-8-9/h4-8,10-11,20H,1-3H3,(H,15,18)(H,16,17)/t10-,11?/m0/s1. The molecular weight excluding hydrogens is 278 g/mol. The van der Waals surface area contributed by atoms with Crippen LogP contribution in [0.15, 0.2) is 30.3 Å². The molecule has 0 fully saturated rings. The average molecular weight is 297 g/mol. The molecular formula is C14H19NO4S. The highest BCUT2D eigenvalue weighted by Gasteiger charge is 2.29. The number of rotatable bonds is 4. The Morgan fingerprint density at radius 2 is 1.80 bits per heavy atom. The van der Waals surface area contributed by atoms with Crippen LogP contribution >= 0.6 is 12.6 Å². The molecule has 0 aliphatic heterocycles. The molecule has 1 aromatic rings. The van der Waals surface area contributed by atoms with Crippen molar-refractivity contribution in [3.63, 3.8) is 0 Å². The van der Waals surface area contributed by atoms with E-state index in [4.69, 9.17) is 9.84 Å². The van der Waals surface area contributed by atoms with E-state index < -0.39 is 29.0 Å². The Balaban J connectivity index is 2.90. The van der Waals surface area contributed by atoms with E-state index in [-0.39, 0.29) is 0 Å². The fourth-order valence-electron chi connectivity index (χ4n) is 1.58. The number of carboxylic acids is 1. The second kappa shape index (κ2) is 6.65. The highest BCUT2D eigenvalue weighted by Crippen LogP contribution is 2.22. The van der Waals surface area contributed by atoms with E-state index in [1.54, 1.807) is 45.0 Å². The number of ether oxygens (including phenoxy) is 1. The quantitative estimate of drug-likeness (QED) is 0.747. The van der Waals surface area contributed by atoms with Crippen LogP contribution in [-0.2, 0) is 9.53 Å². The van der Waals surface area contributed by atoms with Gasteiger partial charge in [-0.2, -0.15) is 12.6 Å². The Morgan fingerprint density at radius 3 is 2.25 bits per heavy atom. The molecule has 110 valence electrons. The lowest BCUT2D eigenvalue weighted by molar-refractivity contribution is -0.136. The van der Waals surface area contributed by atoms with Crippen molar-refractivity contribution in [3.05, 3.63) is 35.9 Å². The number of amides is 1. The van der Waals surface area contributed by atoms with Gasteiger partial charge in [-0.25, -0.2) is 4.79 Å². The number of alkyl carbamates (subject to hydrolysis) is 1. The molecule has 0 aromatic heterocycles. The molecule has 0 saturated heterocycles. The number of carbonyl (C=O) groups is 2. The highest BCUT2D eigenvalue weighted by molar-refractivity contribution is 7.81. The summed E-state index contributed by atoms with van der Waals surface area (Å²) in [5, 5.41) is 10.6. The molecule has 5 nitrogen and oxygen atoms in total. The first kappa shape index (κ1) is 16.4. The molecule has 20 heavy (non-hydrogen) atoms. The number of benzene rings is 1. The van der Waals surface area contributed by atoms with Crippen LogP contribution in [0.1, 0.15) is 32.4 Å². The zero-order valence-electron chi connectivity index (χ0n) is 11.7. The first-order chi connectivity index (χ1) is 9.20. The molecule has 0 spiro atoms. The molecule has 0 bridgehead atoms. The van der Waals surface area contributed by atoms with Gasteiger partial charge in [0.1, 0.15) is 10.9 Å². The zero-order valence-corrected chi connectivity index (χ0v) is 12.6. The molecule has 1 aromatic carbocycles. The summed E-state index contributed by atoms with van der Waals surface area (Å²) in [6.45, 7) is 5.21. The molecule has 0 heterocycles. The second-order valence-electron chi connectivity index (χ2n) is 5.32. The van der Waals surface area contributed by atoms with Crippen LogP contribution in [0.5, 0.6) is 0 Å². The minimum atomic E-state index is -1.11. The van der Waals surface area contributed by atoms with E-state index >= 15 is 0 Å². The lowest BCUT2D eigenvalue weighted by atomic mass is 10.0. The third kappa shape index (κ3) is 5.13. The number of aliphatic carboxylic acids is 1. The van der Waals surface area contributed by atoms with E-state index in [0.29, 0.717) is 5.56 Å². The van der Waals surface area contributed by atoms with E-state index in [9.17, 15) is 9.59 Å². The van der Waals surface area contributed by atoms with Gasteiger partial charge in [-0.15, -0.1) is 0 Å². The van der Waals surface area contributed by atoms with Gasteiger partial charge in [-0.1, -0.05) is 30.3 Å². The summed E-state index contributed by atoms with van der Waals surface area (Å²) in [7, 11) is 0. The average Bonchev–Trinajstić information content (AvgIpc) is 2.34. The molecule has 1 amide bonds. The molecule has 2 atom stereocenters. The molecule has 0 aliphatic rings. The Bertz CT molecular complexity index is 470. The van der Waals surface area contributed by atoms with Crippen LogP contribution in [0, 0.1) is 0 Å². The first-order valence-electron chi connectivity index (χ1n) is 6.16. The van der Waals surface area contributed by atoms with Crippen molar-refractivity contribution < 1.29 is 19.4 Å². The number of thiol groups is 1. The normalized spacial score (nSPS) is 14.2. The van der Waals surface area contributed by atoms with Crippen molar-refractivity contribution in [1.82, 2.24) is 5.32 Å². The summed E-state index contributed by atoms with van der Waals surface area (Å²) in [5.41, 5.74) is 0.00134. The zero-order chi connectivity index (χ0) is 15.3. The van der Waals surface area contributed by atoms with Crippen LogP contribution in [0.25, 0.3) is 0 Å². The molecule has 6 heteroatoms. The van der Waals surface area contributed by atoms with Gasteiger partial charge >= 0.3 is 12.1 Å². The first-order valence-corrected chi connectivity index (χ1v) is 6.67. The van der Waals surface area contributed by atoms with Crippen LogP contribution in [0.3, 0.4) is 0 Å². The summed E-state index contributed by atoms with van der Waals surface area (Å²) in [6.07, 6.45) is -0.674. The number of carbonyl (C=O) groups excluding carboxylic acids is 1. The van der Waals surface area contributed by atoms with E-state index in [0.717, 1.165) is 0 Å². The SMILES string of the molecule is CC(C)(C)OC(=O)N[C@@H](c1ccccc1)C(S)C(=O)O. The maximum Gasteiger partial charge on any atom is 0.408 e. The van der Waals surface area contributed by atoms with Crippen molar-refractivity contribution in [3.8, 4) is 0 Å². The summed E-state index contributed by atoms with van der Waals surface area (Å²) in [5.74, 6) is -1.11. The minimum Gasteiger partial charge on any atom is -0.480 e. The summed E-state index contributed by atoms with van der Waals surface area (Å²) >= 11 is 4.05. The fraction of sp³-hybridized carbons (Fsp3) is 0.429. The Hall–Kier alpha value is -1.69. The predicted octanol–water partition coefficient (Wildman–Crippen LogP) is 2.64. The second-order valence-corrected chi connectivity index (χ2v) is 5.87. The fourth-order valence-corrected chi connectivity index (χ4v) is 1.83. The molecule has 1 rings (SSSR count). The van der Waals surface area contributed by atoms with Crippen molar-refractivity contribution in [2.75, 3.05) is 0 Å². The maximum absolute atomic E-state index is 11.8. The van der Waals surface area contributed by atoms with Crippen molar-refractivity contribution in [1.29, 1.82) is 0 Å². The van der Waals surface area contributed by atoms with Gasteiger partial charge in [0.25, 0.3) is 0 Å². The molecule has 0 aliphatic carbocycles. The smallest absolute Gasteiger partial charge is 0.408 e. The summed E-state index contributed by atoms with van der Waals surface area (Å²) in [6, 6.07) is 8.03. The topological polar surface area (TPSA) is 75.6 Å². The monoisotopic (exact) mass is 297 g/mol. The van der Waals surface area contributed by atoms with E-state index in [2.05, 4.69) is 17.9 Å². The van der Waals surface area contributed by atoms with Gasteiger partial charge in [-0.3, -0.25) is 4.79 Å². The molecule has 2 N–H and O–H groups in total. The number of nitrogens with one attached hydrogen (secondary N) is 1. The highest BCUT2D eigenvalue weighted by atomic mass is 32.1. The lowest BCUT2D eigenvalue weighted by Gasteiger charge is -2.25. The number of hydrogen-bond acceptors (Lipinski definition) is 4. The Kier molecular flexibility index (Phi) is 5.44. The van der Waals surface area contributed by atoms with Crippen LogP contribution in [0.2, 0.25) is 0 Å². The van der Waals surface area contributed by atoms with Crippen molar-refractivity contribution >= 4 is 24.7 Å². The number of hydrogen-bond donors (Lipinski definition) is 3. The van der Waals surface area contributed by atoms with Gasteiger partial charge in [0.05, 0.1) is 6.04 Å². The van der Waals surface area contributed by atoms with Gasteiger partial charge in [0.2, 0.25) is 0 Å². The summed E-state index contributed by atoms with van der Waals surface area (Å²) < 4.78 is 5.14. The molecule has 1 unspecified atom stereocenters. The van der Waals surface area contributed by atoms with Crippen molar-refractivity contribution in [2.45, 2.75) is 37.7 Å². The van der Waals surface area contributed by atoms with Crippen LogP contribution in [0.4, 0.5) is 4.79 Å². The maximum atomic E-state index is 11.8. The van der Waals surface area contributed by atoms with Gasteiger partial charge in [0, 0.05) is 0 Å². The third-order valence-corrected chi connectivity index (χ3v) is 2.92. The van der Waals surface area contributed by atoms with Gasteiger partial charge in [-0.05, 0) is 26.3 Å². The van der Waals surface area contributed by atoms with Crippen LogP contribution in [-0.4, -0.2) is 28.0 Å². The van der Waals surface area contributed by atoms with Gasteiger partial charge in [0.15, 0.2) is 0 Å². The van der Waals surface area contributed by atoms with E-state index in [1.807, 2.05) is 6.07 Å². The predicted molar refractivity (Wildman–Crippen MR) is 79.0 cm³/mol. The van der Waals surface area contributed by atoms with Crippen molar-refractivity contribution in [2.24, 2.45) is 0 Å². The van der Waals surface area contributed by atoms with Crippen LogP contribution < -0.4 is 5.32 Å². The molecule has 0 radical (unpaired) electrons. The third-order valence-electron chi connectivity index (χ3n) is 2.40. The van der Waals surface area contributed by atoms with Gasteiger partial charge < -0.3 is 15.2 Å².